The number of carbonyl (C=O) groups is 1. The Morgan fingerprint density at radius 1 is 1.42 bits per heavy atom. The number of pyridine rings is 1. The molecule has 98 valence electrons. The Balaban J connectivity index is 2.35. The van der Waals surface area contributed by atoms with Gasteiger partial charge in [-0.15, -0.1) is 0 Å². The monoisotopic (exact) mass is 262 g/mol. The summed E-state index contributed by atoms with van der Waals surface area (Å²) >= 11 is 0. The number of aromatic nitrogens is 1. The number of nitrogens with two attached hydrogens (primary N) is 1. The molecule has 0 radical (unpaired) electrons. The van der Waals surface area contributed by atoms with Crippen molar-refractivity contribution >= 4 is 11.7 Å². The molecule has 5 nitrogen and oxygen atoms in total. The number of benzene rings is 1. The molecule has 0 bridgehead atoms. The molecule has 0 unspecified atom stereocenters. The molecule has 19 heavy (non-hydrogen) atoms. The van der Waals surface area contributed by atoms with Crippen LogP contribution in [0.4, 0.5) is 10.1 Å². The maximum absolute atomic E-state index is 13.3. The number of carboxylic acid groups (broad SMARTS) is 1. The van der Waals surface area contributed by atoms with Crippen LogP contribution in [0.3, 0.4) is 0 Å². The Morgan fingerprint density at radius 3 is 2.79 bits per heavy atom. The molecule has 0 spiro atoms. The van der Waals surface area contributed by atoms with Crippen LogP contribution >= 0.6 is 0 Å². The summed E-state index contributed by atoms with van der Waals surface area (Å²) in [5.74, 6) is -1.21. The summed E-state index contributed by atoms with van der Waals surface area (Å²) in [6.07, 6.45) is 1.32. The van der Waals surface area contributed by atoms with Crippen molar-refractivity contribution in [2.75, 3.05) is 5.73 Å². The molecular weight excluding hydrogens is 251 g/mol. The van der Waals surface area contributed by atoms with E-state index in [0.717, 1.165) is 6.07 Å². The number of ether oxygens (including phenoxy) is 1. The molecule has 2 rings (SSSR count). The lowest BCUT2D eigenvalue weighted by atomic mass is 10.2. The van der Waals surface area contributed by atoms with E-state index in [0.29, 0.717) is 11.3 Å². The largest absolute Gasteiger partial charge is 0.477 e. The van der Waals surface area contributed by atoms with Crippen molar-refractivity contribution < 1.29 is 19.0 Å². The molecule has 6 heteroatoms. The van der Waals surface area contributed by atoms with E-state index in [9.17, 15) is 9.18 Å². The van der Waals surface area contributed by atoms with Crippen LogP contribution in [0.5, 0.6) is 11.5 Å². The van der Waals surface area contributed by atoms with E-state index in [1.54, 1.807) is 6.92 Å². The number of anilines is 1. The van der Waals surface area contributed by atoms with Crippen LogP contribution in [0.15, 0.2) is 30.5 Å². The predicted molar refractivity (Wildman–Crippen MR) is 66.8 cm³/mol. The zero-order valence-electron chi connectivity index (χ0n) is 10.1. The second kappa shape index (κ2) is 4.93. The third kappa shape index (κ3) is 2.62. The van der Waals surface area contributed by atoms with Gasteiger partial charge in [0.25, 0.3) is 0 Å². The number of rotatable bonds is 3. The normalized spacial score (nSPS) is 10.2. The molecule has 0 aliphatic heterocycles. The van der Waals surface area contributed by atoms with Crippen molar-refractivity contribution in [2.45, 2.75) is 6.92 Å². The Bertz CT molecular complexity index is 644. The number of nitrogens with zero attached hydrogens (tertiary/aromatic N) is 1. The summed E-state index contributed by atoms with van der Waals surface area (Å²) in [6, 6.07) is 5.52. The van der Waals surface area contributed by atoms with Crippen molar-refractivity contribution in [1.29, 1.82) is 0 Å². The van der Waals surface area contributed by atoms with E-state index in [1.165, 1.54) is 24.4 Å². The van der Waals surface area contributed by atoms with Gasteiger partial charge in [-0.3, -0.25) is 0 Å². The fourth-order valence-electron chi connectivity index (χ4n) is 1.54. The minimum absolute atomic E-state index is 0.0185. The molecule has 1 aromatic carbocycles. The zero-order valence-corrected chi connectivity index (χ0v) is 10.1. The van der Waals surface area contributed by atoms with Gasteiger partial charge in [0.15, 0.2) is 5.69 Å². The first-order valence-electron chi connectivity index (χ1n) is 5.41. The molecule has 0 fully saturated rings. The van der Waals surface area contributed by atoms with E-state index in [-0.39, 0.29) is 17.1 Å². The van der Waals surface area contributed by atoms with Crippen molar-refractivity contribution in [1.82, 2.24) is 4.98 Å². The summed E-state index contributed by atoms with van der Waals surface area (Å²) in [6.45, 7) is 1.57. The number of carboxylic acids is 1. The Morgan fingerprint density at radius 2 is 2.16 bits per heavy atom. The third-order valence-electron chi connectivity index (χ3n) is 2.56. The van der Waals surface area contributed by atoms with Gasteiger partial charge in [-0.2, -0.15) is 0 Å². The fraction of sp³-hybridized carbons (Fsp3) is 0.0769. The number of nitrogen functional groups attached to an aromatic ring is 1. The summed E-state index contributed by atoms with van der Waals surface area (Å²) in [4.78, 5) is 14.7. The average molecular weight is 262 g/mol. The second-order valence-electron chi connectivity index (χ2n) is 3.87. The van der Waals surface area contributed by atoms with Crippen molar-refractivity contribution in [2.24, 2.45) is 0 Å². The Hall–Kier alpha value is -2.63. The van der Waals surface area contributed by atoms with Gasteiger partial charge in [0, 0.05) is 17.8 Å². The molecule has 0 amide bonds. The first-order valence-corrected chi connectivity index (χ1v) is 5.41. The van der Waals surface area contributed by atoms with Gasteiger partial charge >= 0.3 is 5.97 Å². The summed E-state index contributed by atoms with van der Waals surface area (Å²) in [5.41, 5.74) is 5.64. The van der Waals surface area contributed by atoms with Gasteiger partial charge in [0.05, 0.1) is 5.69 Å². The summed E-state index contributed by atoms with van der Waals surface area (Å²) in [5, 5.41) is 8.94. The Labute approximate surface area is 108 Å². The first-order chi connectivity index (χ1) is 8.99. The second-order valence-corrected chi connectivity index (χ2v) is 3.87. The highest BCUT2D eigenvalue weighted by Crippen LogP contribution is 2.27. The van der Waals surface area contributed by atoms with E-state index in [2.05, 4.69) is 4.98 Å². The molecule has 1 heterocycles. The van der Waals surface area contributed by atoms with Crippen LogP contribution in [0.1, 0.15) is 16.1 Å². The SMILES string of the molecule is Cc1c(Oc2ccc(N)c(F)c2)ccnc1C(=O)O. The van der Waals surface area contributed by atoms with Crippen LogP contribution in [0.2, 0.25) is 0 Å². The zero-order chi connectivity index (χ0) is 14.0. The topological polar surface area (TPSA) is 85.4 Å². The van der Waals surface area contributed by atoms with E-state index < -0.39 is 11.8 Å². The number of aromatic carboxylic acids is 1. The molecule has 2 aromatic rings. The molecular formula is C13H11FN2O3. The van der Waals surface area contributed by atoms with Gasteiger partial charge in [0.1, 0.15) is 17.3 Å². The van der Waals surface area contributed by atoms with E-state index in [4.69, 9.17) is 15.6 Å². The molecule has 3 N–H and O–H groups in total. The number of halogens is 1. The minimum atomic E-state index is -1.15. The lowest BCUT2D eigenvalue weighted by Crippen LogP contribution is -2.04. The van der Waals surface area contributed by atoms with E-state index >= 15 is 0 Å². The standard InChI is InChI=1S/C13H11FN2O3/c1-7-11(4-5-16-12(7)13(17)18)19-8-2-3-10(15)9(14)6-8/h2-6H,15H2,1H3,(H,17,18). The van der Waals surface area contributed by atoms with Crippen LogP contribution < -0.4 is 10.5 Å². The van der Waals surface area contributed by atoms with Crippen molar-refractivity contribution in [3.63, 3.8) is 0 Å². The maximum atomic E-state index is 13.3. The maximum Gasteiger partial charge on any atom is 0.354 e. The highest BCUT2D eigenvalue weighted by Gasteiger charge is 2.13. The summed E-state index contributed by atoms with van der Waals surface area (Å²) < 4.78 is 18.7. The van der Waals surface area contributed by atoms with Crippen LogP contribution in [-0.4, -0.2) is 16.1 Å². The molecule has 0 aliphatic rings. The third-order valence-corrected chi connectivity index (χ3v) is 2.56. The van der Waals surface area contributed by atoms with Crippen molar-refractivity contribution in [3.8, 4) is 11.5 Å². The molecule has 1 aromatic heterocycles. The van der Waals surface area contributed by atoms with Gasteiger partial charge < -0.3 is 15.6 Å². The average Bonchev–Trinajstić information content (AvgIpc) is 2.36. The molecule has 0 aliphatic carbocycles. The lowest BCUT2D eigenvalue weighted by molar-refractivity contribution is 0.0689. The smallest absolute Gasteiger partial charge is 0.354 e. The number of hydrogen-bond acceptors (Lipinski definition) is 4. The highest BCUT2D eigenvalue weighted by molar-refractivity contribution is 5.87. The van der Waals surface area contributed by atoms with Gasteiger partial charge in [0.2, 0.25) is 0 Å². The molecule has 0 saturated carbocycles. The fourth-order valence-corrected chi connectivity index (χ4v) is 1.54. The molecule has 0 saturated heterocycles. The predicted octanol–water partition coefficient (Wildman–Crippen LogP) is 2.60. The van der Waals surface area contributed by atoms with Crippen LogP contribution in [0.25, 0.3) is 0 Å². The van der Waals surface area contributed by atoms with Gasteiger partial charge in [-0.1, -0.05) is 0 Å². The van der Waals surface area contributed by atoms with Gasteiger partial charge in [-0.25, -0.2) is 14.2 Å². The first kappa shape index (κ1) is 12.8. The van der Waals surface area contributed by atoms with Crippen molar-refractivity contribution in [3.05, 3.63) is 47.5 Å². The van der Waals surface area contributed by atoms with E-state index in [1.807, 2.05) is 0 Å². The number of hydrogen-bond donors (Lipinski definition) is 2. The molecule has 0 atom stereocenters. The van der Waals surface area contributed by atoms with Crippen LogP contribution in [-0.2, 0) is 0 Å². The lowest BCUT2D eigenvalue weighted by Gasteiger charge is -2.10. The summed E-state index contributed by atoms with van der Waals surface area (Å²) in [7, 11) is 0. The quantitative estimate of drug-likeness (QED) is 0.830. The van der Waals surface area contributed by atoms with Gasteiger partial charge in [-0.05, 0) is 25.1 Å². The highest BCUT2D eigenvalue weighted by atomic mass is 19.1. The minimum Gasteiger partial charge on any atom is -0.477 e. The van der Waals surface area contributed by atoms with Crippen LogP contribution in [0, 0.1) is 12.7 Å². The Kier molecular flexibility index (Phi) is 3.33.